The molecule has 0 radical (unpaired) electrons. The number of nitrogens with zero attached hydrogens (tertiary/aromatic N) is 6. The van der Waals surface area contributed by atoms with Gasteiger partial charge in [0.2, 0.25) is 0 Å². The minimum atomic E-state index is -1.90. The number of halogens is 2. The van der Waals surface area contributed by atoms with E-state index in [2.05, 4.69) is 54.6 Å². The average molecular weight is 621 g/mol. The van der Waals surface area contributed by atoms with Crippen molar-refractivity contribution < 1.29 is 19.1 Å². The first-order valence-corrected chi connectivity index (χ1v) is 17.3. The Bertz CT molecular complexity index is 1570. The molecule has 220 valence electrons. The summed E-state index contributed by atoms with van der Waals surface area (Å²) < 4.78 is 17.5. The van der Waals surface area contributed by atoms with Crippen molar-refractivity contribution in [3.8, 4) is 16.9 Å². The molecule has 1 fully saturated rings. The van der Waals surface area contributed by atoms with E-state index >= 15 is 0 Å². The highest BCUT2D eigenvalue weighted by Crippen LogP contribution is 2.44. The van der Waals surface area contributed by atoms with Gasteiger partial charge in [-0.05, 0) is 43.5 Å². The number of aromatic nitrogens is 6. The van der Waals surface area contributed by atoms with Gasteiger partial charge in [-0.25, -0.2) is 14.2 Å². The van der Waals surface area contributed by atoms with Crippen molar-refractivity contribution >= 4 is 54.2 Å². The zero-order valence-electron chi connectivity index (χ0n) is 23.8. The third kappa shape index (κ3) is 6.02. The molecule has 1 aliphatic heterocycles. The van der Waals surface area contributed by atoms with Crippen LogP contribution in [0.2, 0.25) is 28.2 Å². The Morgan fingerprint density at radius 3 is 2.71 bits per heavy atom. The third-order valence-electron chi connectivity index (χ3n) is 7.93. The Balaban J connectivity index is 1.54. The van der Waals surface area contributed by atoms with E-state index in [0.29, 0.717) is 47.7 Å². The summed E-state index contributed by atoms with van der Waals surface area (Å²) in [7, 11) is -1.90. The zero-order chi connectivity index (χ0) is 29.5. The van der Waals surface area contributed by atoms with Gasteiger partial charge in [0.25, 0.3) is 0 Å². The zero-order valence-corrected chi connectivity index (χ0v) is 26.3. The molecule has 2 N–H and O–H groups in total. The van der Waals surface area contributed by atoms with Crippen LogP contribution >= 0.6 is 23.2 Å². The van der Waals surface area contributed by atoms with E-state index in [1.807, 2.05) is 12.4 Å². The van der Waals surface area contributed by atoms with Crippen LogP contribution in [0, 0.1) is 0 Å². The van der Waals surface area contributed by atoms with E-state index in [4.69, 9.17) is 32.4 Å². The molecule has 1 amide bonds. The number of fused-ring (bicyclic) bond motifs is 1. The van der Waals surface area contributed by atoms with Crippen LogP contribution < -0.4 is 5.32 Å². The van der Waals surface area contributed by atoms with Crippen LogP contribution in [-0.2, 0) is 15.7 Å². The molecule has 0 saturated carbocycles. The Morgan fingerprint density at radius 2 is 2.02 bits per heavy atom. The summed E-state index contributed by atoms with van der Waals surface area (Å²) in [5, 5.41) is 26.5. The summed E-state index contributed by atoms with van der Waals surface area (Å²) in [5.74, 6) is 0.502. The molecule has 41 heavy (non-hydrogen) atoms. The normalized spacial score (nSPS) is 16.4. The van der Waals surface area contributed by atoms with Crippen LogP contribution in [0.15, 0.2) is 30.9 Å². The molecule has 0 spiro atoms. The molecular weight excluding hydrogens is 585 g/mol. The SMILES string of the molecule is CC(C)(C)[Si](C)(C)OCCn1cc(-n2cc(-c3cnn(C4CCCCO4)c3)c3c(NC(=O)O)cc(Cl)c(Cl)c32)nn1. The van der Waals surface area contributed by atoms with E-state index in [1.54, 1.807) is 26.3 Å². The number of rotatable bonds is 8. The summed E-state index contributed by atoms with van der Waals surface area (Å²) in [4.78, 5) is 11.7. The maximum absolute atomic E-state index is 11.7. The van der Waals surface area contributed by atoms with Gasteiger partial charge in [-0.1, -0.05) is 49.2 Å². The first-order valence-electron chi connectivity index (χ1n) is 13.6. The predicted octanol–water partition coefficient (Wildman–Crippen LogP) is 7.20. The van der Waals surface area contributed by atoms with Gasteiger partial charge in [0, 0.05) is 35.5 Å². The van der Waals surface area contributed by atoms with E-state index in [0.717, 1.165) is 24.8 Å². The predicted molar refractivity (Wildman–Crippen MR) is 162 cm³/mol. The lowest BCUT2D eigenvalue weighted by Gasteiger charge is -2.36. The van der Waals surface area contributed by atoms with Gasteiger partial charge in [-0.2, -0.15) is 5.10 Å². The largest absolute Gasteiger partial charge is 0.465 e. The summed E-state index contributed by atoms with van der Waals surface area (Å²) >= 11 is 13.2. The van der Waals surface area contributed by atoms with Crippen LogP contribution in [0.3, 0.4) is 0 Å². The maximum atomic E-state index is 11.7. The number of anilines is 1. The molecular formula is C27H35Cl2N7O4Si. The third-order valence-corrected chi connectivity index (χ3v) is 13.2. The summed E-state index contributed by atoms with van der Waals surface area (Å²) in [6.45, 7) is 12.8. The minimum absolute atomic E-state index is 0.107. The maximum Gasteiger partial charge on any atom is 0.409 e. The minimum Gasteiger partial charge on any atom is -0.465 e. The molecule has 5 rings (SSSR count). The molecule has 11 nitrogen and oxygen atoms in total. The lowest BCUT2D eigenvalue weighted by Crippen LogP contribution is -2.41. The number of benzene rings is 1. The number of nitrogens with one attached hydrogen (secondary N) is 1. The fourth-order valence-corrected chi connectivity index (χ4v) is 6.14. The second-order valence-electron chi connectivity index (χ2n) is 11.8. The Labute approximate surface area is 249 Å². The highest BCUT2D eigenvalue weighted by molar-refractivity contribution is 6.74. The topological polar surface area (TPSA) is 121 Å². The second-order valence-corrected chi connectivity index (χ2v) is 17.4. The van der Waals surface area contributed by atoms with Crippen molar-refractivity contribution in [2.75, 3.05) is 18.5 Å². The Hall–Kier alpha value is -2.90. The van der Waals surface area contributed by atoms with Gasteiger partial charge in [-0.15, -0.1) is 5.10 Å². The van der Waals surface area contributed by atoms with Crippen molar-refractivity contribution in [1.82, 2.24) is 29.3 Å². The highest BCUT2D eigenvalue weighted by Gasteiger charge is 2.37. The van der Waals surface area contributed by atoms with Crippen molar-refractivity contribution in [2.24, 2.45) is 0 Å². The molecule has 1 aromatic carbocycles. The van der Waals surface area contributed by atoms with E-state index in [1.165, 1.54) is 6.07 Å². The average Bonchev–Trinajstić information content (AvgIpc) is 3.65. The van der Waals surface area contributed by atoms with Crippen molar-refractivity contribution in [3.05, 3.63) is 40.9 Å². The smallest absolute Gasteiger partial charge is 0.409 e. The van der Waals surface area contributed by atoms with Crippen molar-refractivity contribution in [3.63, 3.8) is 0 Å². The fourth-order valence-electron chi connectivity index (χ4n) is 4.67. The van der Waals surface area contributed by atoms with Crippen molar-refractivity contribution in [2.45, 2.75) is 70.9 Å². The molecule has 1 aliphatic rings. The Kier molecular flexibility index (Phi) is 8.23. The molecule has 1 saturated heterocycles. The molecule has 0 aliphatic carbocycles. The highest BCUT2D eigenvalue weighted by atomic mass is 35.5. The van der Waals surface area contributed by atoms with E-state index in [-0.39, 0.29) is 21.3 Å². The van der Waals surface area contributed by atoms with Crippen LogP contribution in [0.1, 0.15) is 46.3 Å². The van der Waals surface area contributed by atoms with Gasteiger partial charge in [0.15, 0.2) is 14.1 Å². The second kappa shape index (κ2) is 11.4. The number of carboxylic acid groups (broad SMARTS) is 1. The molecule has 4 aromatic rings. The summed E-state index contributed by atoms with van der Waals surface area (Å²) in [6.07, 6.45) is 8.90. The molecule has 3 aromatic heterocycles. The number of amides is 1. The first kappa shape index (κ1) is 29.6. The lowest BCUT2D eigenvalue weighted by molar-refractivity contribution is -0.0394. The van der Waals surface area contributed by atoms with Gasteiger partial charge in [0.1, 0.15) is 6.23 Å². The Morgan fingerprint density at radius 1 is 1.24 bits per heavy atom. The van der Waals surface area contributed by atoms with Crippen LogP contribution in [0.25, 0.3) is 27.8 Å². The van der Waals surface area contributed by atoms with E-state index < -0.39 is 14.4 Å². The number of hydrogen-bond donors (Lipinski definition) is 2. The van der Waals surface area contributed by atoms with Crippen LogP contribution in [0.5, 0.6) is 0 Å². The van der Waals surface area contributed by atoms with Gasteiger partial charge >= 0.3 is 6.09 Å². The standard InChI is InChI=1S/C27H35Cl2N7O4Si/c1-27(2,3)41(4,5)40-11-9-34-16-21(32-33-34)35-15-18(17-13-30-36(14-17)22-8-6-7-10-39-22)23-20(31-26(37)38)12-19(28)24(29)25(23)35/h12-16,22,31H,6-11H2,1-5H3,(H,37,38). The number of ether oxygens (including phenoxy) is 1. The van der Waals surface area contributed by atoms with Crippen molar-refractivity contribution in [1.29, 1.82) is 0 Å². The fraction of sp³-hybridized carbons (Fsp3) is 0.481. The number of carbonyl (C=O) groups is 1. The first-order chi connectivity index (χ1) is 19.4. The lowest BCUT2D eigenvalue weighted by atomic mass is 10.1. The van der Waals surface area contributed by atoms with E-state index in [9.17, 15) is 9.90 Å². The van der Waals surface area contributed by atoms with Crippen LogP contribution in [0.4, 0.5) is 10.5 Å². The summed E-state index contributed by atoms with van der Waals surface area (Å²) in [6, 6.07) is 1.51. The molecule has 14 heteroatoms. The molecule has 1 unspecified atom stereocenters. The van der Waals surface area contributed by atoms with Crippen LogP contribution in [-0.4, -0.2) is 62.1 Å². The van der Waals surface area contributed by atoms with Gasteiger partial charge < -0.3 is 14.3 Å². The monoisotopic (exact) mass is 619 g/mol. The van der Waals surface area contributed by atoms with Gasteiger partial charge in [-0.3, -0.25) is 9.88 Å². The number of hydrogen-bond acceptors (Lipinski definition) is 6. The summed E-state index contributed by atoms with van der Waals surface area (Å²) in [5.41, 5.74) is 2.28. The quantitative estimate of drug-likeness (QED) is 0.200. The molecule has 1 atom stereocenters. The molecule has 4 heterocycles. The van der Waals surface area contributed by atoms with Gasteiger partial charge in [0.05, 0.1) is 46.8 Å². The molecule has 0 bridgehead atoms.